The summed E-state index contributed by atoms with van der Waals surface area (Å²) in [5.41, 5.74) is 1.97. The first-order chi connectivity index (χ1) is 10.3. The average Bonchev–Trinajstić information content (AvgIpc) is 2.97. The Kier molecular flexibility index (Phi) is 2.86. The molecule has 1 aromatic heterocycles. The van der Waals surface area contributed by atoms with Crippen LogP contribution in [0, 0.1) is 0 Å². The molecule has 21 heavy (non-hydrogen) atoms. The highest BCUT2D eigenvalue weighted by molar-refractivity contribution is 5.85. The number of rotatable bonds is 2. The van der Waals surface area contributed by atoms with E-state index in [4.69, 9.17) is 4.74 Å². The molecule has 0 spiro atoms. The van der Waals surface area contributed by atoms with Crippen LogP contribution in [0.25, 0.3) is 10.8 Å². The Morgan fingerprint density at radius 3 is 2.76 bits per heavy atom. The zero-order chi connectivity index (χ0) is 14.2. The van der Waals surface area contributed by atoms with Crippen molar-refractivity contribution in [1.82, 2.24) is 4.98 Å². The summed E-state index contributed by atoms with van der Waals surface area (Å²) in [6, 6.07) is 15.9. The van der Waals surface area contributed by atoms with Crippen LogP contribution in [0.4, 0.5) is 0 Å². The van der Waals surface area contributed by atoms with Crippen LogP contribution in [-0.4, -0.2) is 16.2 Å². The number of pyridine rings is 1. The highest BCUT2D eigenvalue weighted by atomic mass is 16.5. The van der Waals surface area contributed by atoms with Crippen LogP contribution in [0.15, 0.2) is 60.9 Å². The lowest BCUT2D eigenvalue weighted by Gasteiger charge is -2.19. The second kappa shape index (κ2) is 4.86. The van der Waals surface area contributed by atoms with Crippen LogP contribution in [0.2, 0.25) is 0 Å². The van der Waals surface area contributed by atoms with E-state index in [0.29, 0.717) is 0 Å². The SMILES string of the molecule is OC(c1cncc2ccccc12)C1Cc2ccccc2O1. The molecule has 2 atom stereocenters. The minimum Gasteiger partial charge on any atom is -0.487 e. The van der Waals surface area contributed by atoms with Crippen molar-refractivity contribution in [1.29, 1.82) is 0 Å². The van der Waals surface area contributed by atoms with Crippen molar-refractivity contribution < 1.29 is 9.84 Å². The van der Waals surface area contributed by atoms with E-state index >= 15 is 0 Å². The first kappa shape index (κ1) is 12.4. The molecule has 104 valence electrons. The molecule has 1 aliphatic rings. The molecular weight excluding hydrogens is 262 g/mol. The third kappa shape index (κ3) is 2.06. The van der Waals surface area contributed by atoms with E-state index in [9.17, 15) is 5.11 Å². The van der Waals surface area contributed by atoms with Gasteiger partial charge >= 0.3 is 0 Å². The quantitative estimate of drug-likeness (QED) is 0.781. The van der Waals surface area contributed by atoms with Crippen molar-refractivity contribution in [2.24, 2.45) is 0 Å². The molecule has 0 fully saturated rings. The third-order valence-electron chi connectivity index (χ3n) is 4.04. The van der Waals surface area contributed by atoms with Gasteiger partial charge < -0.3 is 9.84 Å². The summed E-state index contributed by atoms with van der Waals surface area (Å²) in [4.78, 5) is 4.24. The number of aliphatic hydroxyl groups excluding tert-OH is 1. The lowest BCUT2D eigenvalue weighted by Crippen LogP contribution is -2.23. The lowest BCUT2D eigenvalue weighted by molar-refractivity contribution is 0.0500. The van der Waals surface area contributed by atoms with Crippen LogP contribution >= 0.6 is 0 Å². The van der Waals surface area contributed by atoms with Crippen LogP contribution in [0.1, 0.15) is 17.2 Å². The largest absolute Gasteiger partial charge is 0.487 e. The predicted octanol–water partition coefficient (Wildman–Crippen LogP) is 3.27. The number of benzene rings is 2. The fourth-order valence-electron chi connectivity index (χ4n) is 2.96. The third-order valence-corrected chi connectivity index (χ3v) is 4.04. The summed E-state index contributed by atoms with van der Waals surface area (Å²) in [6.07, 6.45) is 3.33. The molecule has 0 amide bonds. The Bertz CT molecular complexity index is 770. The number of hydrogen-bond donors (Lipinski definition) is 1. The molecule has 3 aromatic rings. The standard InChI is InChI=1S/C18H15NO2/c20-18(17-9-12-5-2-4-8-16(12)21-17)15-11-19-10-13-6-1-3-7-14(13)15/h1-8,10-11,17-18,20H,9H2. The summed E-state index contributed by atoms with van der Waals surface area (Å²) in [5, 5.41) is 12.8. The zero-order valence-electron chi connectivity index (χ0n) is 11.4. The first-order valence-corrected chi connectivity index (χ1v) is 7.08. The molecule has 2 aromatic carbocycles. The molecule has 0 bridgehead atoms. The van der Waals surface area contributed by atoms with Crippen LogP contribution in [-0.2, 0) is 6.42 Å². The van der Waals surface area contributed by atoms with E-state index in [2.05, 4.69) is 4.98 Å². The van der Waals surface area contributed by atoms with Crippen LogP contribution in [0.3, 0.4) is 0 Å². The van der Waals surface area contributed by atoms with E-state index in [-0.39, 0.29) is 6.10 Å². The van der Waals surface area contributed by atoms with Crippen molar-refractivity contribution in [3.63, 3.8) is 0 Å². The maximum atomic E-state index is 10.7. The van der Waals surface area contributed by atoms with E-state index in [1.165, 1.54) is 0 Å². The summed E-state index contributed by atoms with van der Waals surface area (Å²) < 4.78 is 5.89. The second-order valence-corrected chi connectivity index (χ2v) is 5.36. The fourth-order valence-corrected chi connectivity index (χ4v) is 2.96. The van der Waals surface area contributed by atoms with Gasteiger partial charge in [-0.2, -0.15) is 0 Å². The molecule has 1 aliphatic heterocycles. The molecule has 1 N–H and O–H groups in total. The predicted molar refractivity (Wildman–Crippen MR) is 81.3 cm³/mol. The number of ether oxygens (including phenoxy) is 1. The number of nitrogens with zero attached hydrogens (tertiary/aromatic N) is 1. The summed E-state index contributed by atoms with van der Waals surface area (Å²) in [5.74, 6) is 0.870. The Morgan fingerprint density at radius 1 is 1.05 bits per heavy atom. The number of para-hydroxylation sites is 1. The van der Waals surface area contributed by atoms with Gasteiger partial charge in [0.2, 0.25) is 0 Å². The lowest BCUT2D eigenvalue weighted by atomic mass is 9.97. The van der Waals surface area contributed by atoms with Gasteiger partial charge in [0.15, 0.2) is 0 Å². The fraction of sp³-hybridized carbons (Fsp3) is 0.167. The van der Waals surface area contributed by atoms with Gasteiger partial charge in [0, 0.05) is 29.8 Å². The minimum absolute atomic E-state index is 0.255. The Labute approximate surface area is 122 Å². The smallest absolute Gasteiger partial charge is 0.133 e. The number of aliphatic hydroxyl groups is 1. The Hall–Kier alpha value is -2.39. The van der Waals surface area contributed by atoms with Crippen molar-refractivity contribution in [2.45, 2.75) is 18.6 Å². The molecule has 2 heterocycles. The molecule has 4 rings (SSSR count). The van der Waals surface area contributed by atoms with Gasteiger partial charge in [-0.25, -0.2) is 0 Å². The highest BCUT2D eigenvalue weighted by Crippen LogP contribution is 2.35. The van der Waals surface area contributed by atoms with E-state index in [1.807, 2.05) is 54.7 Å². The number of fused-ring (bicyclic) bond motifs is 2. The van der Waals surface area contributed by atoms with Gasteiger partial charge in [-0.3, -0.25) is 4.98 Å². The van der Waals surface area contributed by atoms with Gasteiger partial charge in [0.1, 0.15) is 18.0 Å². The maximum absolute atomic E-state index is 10.7. The monoisotopic (exact) mass is 277 g/mol. The normalized spacial score (nSPS) is 18.2. The topological polar surface area (TPSA) is 42.4 Å². The zero-order valence-corrected chi connectivity index (χ0v) is 11.4. The van der Waals surface area contributed by atoms with Crippen molar-refractivity contribution in [3.8, 4) is 5.75 Å². The molecule has 0 aliphatic carbocycles. The van der Waals surface area contributed by atoms with E-state index in [0.717, 1.165) is 34.1 Å². The number of aromatic nitrogens is 1. The average molecular weight is 277 g/mol. The van der Waals surface area contributed by atoms with E-state index < -0.39 is 6.10 Å². The second-order valence-electron chi connectivity index (χ2n) is 5.36. The molecule has 0 saturated heterocycles. The van der Waals surface area contributed by atoms with Crippen LogP contribution < -0.4 is 4.74 Å². The van der Waals surface area contributed by atoms with Crippen molar-refractivity contribution in [3.05, 3.63) is 72.1 Å². The van der Waals surface area contributed by atoms with Crippen molar-refractivity contribution in [2.75, 3.05) is 0 Å². The molecular formula is C18H15NO2. The Balaban J connectivity index is 1.71. The highest BCUT2D eigenvalue weighted by Gasteiger charge is 2.30. The summed E-state index contributed by atoms with van der Waals surface area (Å²) in [7, 11) is 0. The van der Waals surface area contributed by atoms with Gasteiger partial charge in [0.25, 0.3) is 0 Å². The molecule has 0 radical (unpaired) electrons. The van der Waals surface area contributed by atoms with Crippen molar-refractivity contribution >= 4 is 10.8 Å². The molecule has 0 saturated carbocycles. The molecule has 3 nitrogen and oxygen atoms in total. The summed E-state index contributed by atoms with van der Waals surface area (Å²) >= 11 is 0. The van der Waals surface area contributed by atoms with E-state index in [1.54, 1.807) is 6.20 Å². The molecule has 2 unspecified atom stereocenters. The molecule has 3 heteroatoms. The van der Waals surface area contributed by atoms with Gasteiger partial charge in [-0.05, 0) is 17.0 Å². The van der Waals surface area contributed by atoms with Crippen LogP contribution in [0.5, 0.6) is 5.75 Å². The minimum atomic E-state index is -0.684. The van der Waals surface area contributed by atoms with Gasteiger partial charge in [0.05, 0.1) is 0 Å². The Morgan fingerprint density at radius 2 is 1.86 bits per heavy atom. The van der Waals surface area contributed by atoms with Gasteiger partial charge in [-0.15, -0.1) is 0 Å². The van der Waals surface area contributed by atoms with Gasteiger partial charge in [-0.1, -0.05) is 42.5 Å². The number of hydrogen-bond acceptors (Lipinski definition) is 3. The summed E-state index contributed by atoms with van der Waals surface area (Å²) in [6.45, 7) is 0. The maximum Gasteiger partial charge on any atom is 0.133 e. The first-order valence-electron chi connectivity index (χ1n) is 7.08.